The van der Waals surface area contributed by atoms with E-state index in [9.17, 15) is 9.90 Å². The van der Waals surface area contributed by atoms with E-state index in [2.05, 4.69) is 15.3 Å². The van der Waals surface area contributed by atoms with Crippen molar-refractivity contribution in [3.63, 3.8) is 0 Å². The van der Waals surface area contributed by atoms with Gasteiger partial charge in [-0.2, -0.15) is 0 Å². The Morgan fingerprint density at radius 2 is 2.08 bits per heavy atom. The van der Waals surface area contributed by atoms with E-state index in [-0.39, 0.29) is 12.4 Å². The van der Waals surface area contributed by atoms with Crippen LogP contribution in [-0.4, -0.2) is 27.6 Å². The molecule has 3 aromatic rings. The van der Waals surface area contributed by atoms with Gasteiger partial charge in [-0.25, -0.2) is 0 Å². The number of ether oxygens (including phenoxy) is 1. The Bertz CT molecular complexity index is 895. The summed E-state index contributed by atoms with van der Waals surface area (Å²) in [6.45, 7) is 1.12. The average Bonchev–Trinajstić information content (AvgIpc) is 2.98. The highest BCUT2D eigenvalue weighted by Crippen LogP contribution is 2.32. The predicted molar refractivity (Wildman–Crippen MR) is 96.2 cm³/mol. The lowest BCUT2D eigenvalue weighted by Gasteiger charge is -2.20. The minimum atomic E-state index is -0.864. The Balaban J connectivity index is 0.00000182. The highest BCUT2D eigenvalue weighted by atomic mass is 35.5. The fourth-order valence-corrected chi connectivity index (χ4v) is 3.15. The Labute approximate surface area is 150 Å². The van der Waals surface area contributed by atoms with Gasteiger partial charge in [-0.3, -0.25) is 15.1 Å². The molecule has 2 aromatic heterocycles. The van der Waals surface area contributed by atoms with Crippen molar-refractivity contribution in [3.8, 4) is 5.75 Å². The van der Waals surface area contributed by atoms with Crippen molar-refractivity contribution in [3.05, 3.63) is 59.5 Å². The van der Waals surface area contributed by atoms with Crippen LogP contribution in [-0.2, 0) is 17.8 Å². The molecule has 0 spiro atoms. The first kappa shape index (κ1) is 17.3. The number of nitrogens with zero attached hydrogens (tertiary/aromatic N) is 1. The number of halogens is 1. The molecule has 0 saturated heterocycles. The summed E-state index contributed by atoms with van der Waals surface area (Å²) in [5.74, 6) is -0.0943. The zero-order chi connectivity index (χ0) is 16.5. The normalized spacial score (nSPS) is 16.1. The molecule has 4 rings (SSSR count). The second-order valence-corrected chi connectivity index (χ2v) is 5.84. The molecule has 1 unspecified atom stereocenters. The summed E-state index contributed by atoms with van der Waals surface area (Å²) in [7, 11) is 0. The maximum atomic E-state index is 11.4. The van der Waals surface area contributed by atoms with E-state index in [4.69, 9.17) is 4.74 Å². The molecule has 6 nitrogen and oxygen atoms in total. The van der Waals surface area contributed by atoms with E-state index < -0.39 is 12.0 Å². The summed E-state index contributed by atoms with van der Waals surface area (Å²) in [6.07, 6.45) is 4.28. The summed E-state index contributed by atoms with van der Waals surface area (Å²) in [6, 6.07) is 8.97. The first-order valence-corrected chi connectivity index (χ1v) is 7.85. The minimum absolute atomic E-state index is 0. The number of aromatic nitrogens is 2. The molecule has 1 aliphatic rings. The number of carboxylic acid groups (broad SMARTS) is 1. The van der Waals surface area contributed by atoms with E-state index in [1.165, 1.54) is 0 Å². The topological polar surface area (TPSA) is 87.2 Å². The Kier molecular flexibility index (Phi) is 4.92. The van der Waals surface area contributed by atoms with Crippen LogP contribution in [0.3, 0.4) is 0 Å². The van der Waals surface area contributed by atoms with Crippen LogP contribution < -0.4 is 10.1 Å². The molecule has 1 aromatic carbocycles. The predicted octanol–water partition coefficient (Wildman–Crippen LogP) is 2.84. The fourth-order valence-electron chi connectivity index (χ4n) is 3.15. The maximum absolute atomic E-state index is 11.4. The quantitative estimate of drug-likeness (QED) is 0.666. The van der Waals surface area contributed by atoms with Gasteiger partial charge in [0, 0.05) is 35.5 Å². The number of H-pyrrole nitrogens is 1. The molecule has 0 saturated carbocycles. The lowest BCUT2D eigenvalue weighted by molar-refractivity contribution is -0.139. The molecule has 0 fully saturated rings. The number of carboxylic acids is 1. The molecule has 130 valence electrons. The van der Waals surface area contributed by atoms with Crippen molar-refractivity contribution in [2.75, 3.05) is 6.54 Å². The van der Waals surface area contributed by atoms with Gasteiger partial charge in [0.25, 0.3) is 0 Å². The number of fused-ring (bicyclic) bond motifs is 3. The molecule has 0 amide bonds. The molecular weight excluding hydrogens is 342 g/mol. The first-order chi connectivity index (χ1) is 11.7. The summed E-state index contributed by atoms with van der Waals surface area (Å²) < 4.78 is 5.86. The van der Waals surface area contributed by atoms with Crippen LogP contribution in [0.25, 0.3) is 10.9 Å². The van der Waals surface area contributed by atoms with Gasteiger partial charge in [0.15, 0.2) is 0 Å². The minimum Gasteiger partial charge on any atom is -0.489 e. The number of hydrogen-bond acceptors (Lipinski definition) is 4. The molecule has 0 aliphatic carbocycles. The second kappa shape index (κ2) is 7.13. The van der Waals surface area contributed by atoms with Crippen LogP contribution in [0.15, 0.2) is 42.7 Å². The number of aliphatic carboxylic acids is 1. The van der Waals surface area contributed by atoms with Gasteiger partial charge in [0.2, 0.25) is 0 Å². The van der Waals surface area contributed by atoms with Crippen LogP contribution in [0.5, 0.6) is 5.75 Å². The van der Waals surface area contributed by atoms with Crippen molar-refractivity contribution >= 4 is 29.3 Å². The van der Waals surface area contributed by atoms with E-state index >= 15 is 0 Å². The molecule has 7 heteroatoms. The molecule has 0 radical (unpaired) electrons. The van der Waals surface area contributed by atoms with Gasteiger partial charge in [-0.05, 0) is 47.9 Å². The largest absolute Gasteiger partial charge is 0.489 e. The second-order valence-electron chi connectivity index (χ2n) is 5.84. The van der Waals surface area contributed by atoms with Crippen LogP contribution in [0.2, 0.25) is 0 Å². The van der Waals surface area contributed by atoms with Crippen LogP contribution in [0.4, 0.5) is 0 Å². The van der Waals surface area contributed by atoms with Gasteiger partial charge in [0.05, 0.1) is 0 Å². The van der Waals surface area contributed by atoms with Crippen LogP contribution >= 0.6 is 12.4 Å². The third kappa shape index (κ3) is 3.31. The van der Waals surface area contributed by atoms with Crippen molar-refractivity contribution < 1.29 is 14.6 Å². The van der Waals surface area contributed by atoms with Gasteiger partial charge in [-0.1, -0.05) is 0 Å². The number of carbonyl (C=O) groups is 1. The summed E-state index contributed by atoms with van der Waals surface area (Å²) in [4.78, 5) is 18.6. The van der Waals surface area contributed by atoms with Crippen molar-refractivity contribution in [1.29, 1.82) is 0 Å². The number of pyridine rings is 1. The zero-order valence-corrected chi connectivity index (χ0v) is 14.2. The van der Waals surface area contributed by atoms with Gasteiger partial charge in [0.1, 0.15) is 18.4 Å². The molecule has 0 bridgehead atoms. The summed E-state index contributed by atoms with van der Waals surface area (Å²) in [5.41, 5.74) is 3.79. The van der Waals surface area contributed by atoms with Gasteiger partial charge in [-0.15, -0.1) is 12.4 Å². The smallest absolute Gasteiger partial charge is 0.326 e. The number of benzene rings is 1. The SMILES string of the molecule is Cl.O=C(O)C1NCCc2c1[nH]c1ccc(OCc3ccncc3)cc21. The monoisotopic (exact) mass is 359 g/mol. The summed E-state index contributed by atoms with van der Waals surface area (Å²) in [5, 5.41) is 13.4. The van der Waals surface area contributed by atoms with Crippen molar-refractivity contribution in [2.45, 2.75) is 19.1 Å². The molecule has 3 heterocycles. The molecular formula is C18H18ClN3O3. The number of nitrogens with one attached hydrogen (secondary N) is 2. The van der Waals surface area contributed by atoms with Crippen LogP contribution in [0, 0.1) is 0 Å². The van der Waals surface area contributed by atoms with E-state index in [0.717, 1.165) is 39.9 Å². The van der Waals surface area contributed by atoms with E-state index in [0.29, 0.717) is 13.2 Å². The van der Waals surface area contributed by atoms with E-state index in [1.54, 1.807) is 12.4 Å². The third-order valence-corrected chi connectivity index (χ3v) is 4.32. The average molecular weight is 360 g/mol. The highest BCUT2D eigenvalue weighted by molar-refractivity contribution is 5.89. The molecule has 3 N–H and O–H groups in total. The van der Waals surface area contributed by atoms with Gasteiger partial charge >= 0.3 is 5.97 Å². The third-order valence-electron chi connectivity index (χ3n) is 4.32. The van der Waals surface area contributed by atoms with E-state index in [1.807, 2.05) is 30.3 Å². The molecule has 1 aliphatic heterocycles. The number of hydrogen-bond donors (Lipinski definition) is 3. The molecule has 1 atom stereocenters. The highest BCUT2D eigenvalue weighted by Gasteiger charge is 2.28. The summed E-state index contributed by atoms with van der Waals surface area (Å²) >= 11 is 0. The first-order valence-electron chi connectivity index (χ1n) is 7.85. The fraction of sp³-hybridized carbons (Fsp3) is 0.222. The Hall–Kier alpha value is -2.57. The number of rotatable bonds is 4. The van der Waals surface area contributed by atoms with Crippen LogP contribution in [0.1, 0.15) is 22.9 Å². The lowest BCUT2D eigenvalue weighted by Crippen LogP contribution is -2.34. The van der Waals surface area contributed by atoms with Crippen molar-refractivity contribution in [1.82, 2.24) is 15.3 Å². The zero-order valence-electron chi connectivity index (χ0n) is 13.4. The molecule has 25 heavy (non-hydrogen) atoms. The lowest BCUT2D eigenvalue weighted by atomic mass is 9.99. The maximum Gasteiger partial charge on any atom is 0.326 e. The van der Waals surface area contributed by atoms with Crippen molar-refractivity contribution in [2.24, 2.45) is 0 Å². The Morgan fingerprint density at radius 1 is 1.28 bits per heavy atom. The van der Waals surface area contributed by atoms with Gasteiger partial charge < -0.3 is 14.8 Å². The standard InChI is InChI=1S/C18H17N3O3.ClH/c22-18(23)17-16-13(5-8-20-17)14-9-12(1-2-15(14)21-16)24-10-11-3-6-19-7-4-11;/h1-4,6-7,9,17,20-21H,5,8,10H2,(H,22,23);1H. The number of aromatic amines is 1. The Morgan fingerprint density at radius 3 is 2.84 bits per heavy atom.